The summed E-state index contributed by atoms with van der Waals surface area (Å²) in [5, 5.41) is 24.4. The van der Waals surface area contributed by atoms with Crippen LogP contribution in [0.1, 0.15) is 22.8 Å². The Bertz CT molecular complexity index is 1470. The predicted molar refractivity (Wildman–Crippen MR) is 140 cm³/mol. The second-order valence-electron chi connectivity index (χ2n) is 8.79. The first kappa shape index (κ1) is 28.0. The standard InChI is InChI=1S/C28H28F3N3O5/c29-28(30,31)22-15-19(5-9-25(22)38-14-12-32)39-18-3-1-17(2-4-18)11-13-33-16-24(36)20-6-8-23(35)27-21(20)7-10-26(37)34-27/h1-10,15,24,33,35-36H,11-14,16,32H2,(H,34,37)/t24-/m0/s1. The van der Waals surface area contributed by atoms with Crippen LogP contribution in [0.5, 0.6) is 23.0 Å². The third-order valence-corrected chi connectivity index (χ3v) is 5.98. The highest BCUT2D eigenvalue weighted by atomic mass is 19.4. The Hall–Kier alpha value is -4.06. The molecule has 0 radical (unpaired) electrons. The molecule has 1 aromatic heterocycles. The van der Waals surface area contributed by atoms with Crippen LogP contribution in [0.4, 0.5) is 13.2 Å². The van der Waals surface area contributed by atoms with Gasteiger partial charge in [-0.15, -0.1) is 0 Å². The molecule has 39 heavy (non-hydrogen) atoms. The molecule has 206 valence electrons. The monoisotopic (exact) mass is 543 g/mol. The average molecular weight is 544 g/mol. The molecular formula is C28H28F3N3O5. The fourth-order valence-electron chi connectivity index (χ4n) is 4.08. The lowest BCUT2D eigenvalue weighted by Gasteiger charge is -2.16. The van der Waals surface area contributed by atoms with E-state index in [4.69, 9.17) is 15.2 Å². The number of aromatic hydroxyl groups is 1. The molecule has 1 atom stereocenters. The number of aromatic nitrogens is 1. The molecule has 4 rings (SSSR count). The van der Waals surface area contributed by atoms with Gasteiger partial charge >= 0.3 is 6.18 Å². The van der Waals surface area contributed by atoms with E-state index in [1.807, 2.05) is 0 Å². The molecule has 0 bridgehead atoms. The summed E-state index contributed by atoms with van der Waals surface area (Å²) in [5.74, 6) is 0.0231. The molecule has 0 fully saturated rings. The van der Waals surface area contributed by atoms with Gasteiger partial charge < -0.3 is 35.7 Å². The van der Waals surface area contributed by atoms with Gasteiger partial charge in [-0.1, -0.05) is 18.2 Å². The summed E-state index contributed by atoms with van der Waals surface area (Å²) in [6.45, 7) is 0.848. The molecule has 1 heterocycles. The lowest BCUT2D eigenvalue weighted by Crippen LogP contribution is -2.24. The first-order chi connectivity index (χ1) is 18.7. The number of rotatable bonds is 11. The minimum Gasteiger partial charge on any atom is -0.506 e. The number of hydrogen-bond acceptors (Lipinski definition) is 7. The van der Waals surface area contributed by atoms with Crippen molar-refractivity contribution in [2.45, 2.75) is 18.7 Å². The van der Waals surface area contributed by atoms with Gasteiger partial charge in [-0.05, 0) is 66.6 Å². The predicted octanol–water partition coefficient (Wildman–Crippen LogP) is 4.25. The molecule has 11 heteroatoms. The van der Waals surface area contributed by atoms with Gasteiger partial charge in [-0.2, -0.15) is 13.2 Å². The summed E-state index contributed by atoms with van der Waals surface area (Å²) in [7, 11) is 0. The van der Waals surface area contributed by atoms with E-state index in [1.54, 1.807) is 36.4 Å². The topological polar surface area (TPSA) is 130 Å². The summed E-state index contributed by atoms with van der Waals surface area (Å²) in [6.07, 6.45) is -4.85. The molecule has 0 saturated heterocycles. The Kier molecular flexibility index (Phi) is 8.75. The highest BCUT2D eigenvalue weighted by Gasteiger charge is 2.35. The van der Waals surface area contributed by atoms with Gasteiger partial charge in [-0.25, -0.2) is 0 Å². The number of aliphatic hydroxyl groups excluding tert-OH is 1. The van der Waals surface area contributed by atoms with Crippen LogP contribution in [0, 0.1) is 0 Å². The van der Waals surface area contributed by atoms with Crippen molar-refractivity contribution in [3.8, 4) is 23.0 Å². The van der Waals surface area contributed by atoms with Crippen LogP contribution in [0.25, 0.3) is 10.9 Å². The van der Waals surface area contributed by atoms with Crippen LogP contribution in [-0.4, -0.2) is 41.4 Å². The third-order valence-electron chi connectivity index (χ3n) is 5.98. The molecule has 0 aliphatic rings. The zero-order chi connectivity index (χ0) is 28.0. The summed E-state index contributed by atoms with van der Waals surface area (Å²) < 4.78 is 51.0. The van der Waals surface area contributed by atoms with Gasteiger partial charge in [0.2, 0.25) is 5.56 Å². The number of benzene rings is 3. The molecule has 0 amide bonds. The van der Waals surface area contributed by atoms with Crippen molar-refractivity contribution in [2.24, 2.45) is 5.73 Å². The molecule has 3 aromatic carbocycles. The van der Waals surface area contributed by atoms with Crippen molar-refractivity contribution in [1.29, 1.82) is 0 Å². The van der Waals surface area contributed by atoms with Gasteiger partial charge in [0.15, 0.2) is 0 Å². The highest BCUT2D eigenvalue weighted by molar-refractivity contribution is 5.87. The molecule has 8 nitrogen and oxygen atoms in total. The maximum absolute atomic E-state index is 13.4. The fraction of sp³-hybridized carbons (Fsp3) is 0.250. The molecule has 0 spiro atoms. The summed E-state index contributed by atoms with van der Waals surface area (Å²) in [4.78, 5) is 14.1. The van der Waals surface area contributed by atoms with E-state index in [0.717, 1.165) is 11.6 Å². The van der Waals surface area contributed by atoms with Gasteiger partial charge in [-0.3, -0.25) is 4.79 Å². The molecule has 0 aliphatic heterocycles. The minimum atomic E-state index is -4.61. The number of pyridine rings is 1. The minimum absolute atomic E-state index is 0.0247. The zero-order valence-electron chi connectivity index (χ0n) is 20.8. The van der Waals surface area contributed by atoms with Crippen molar-refractivity contribution in [1.82, 2.24) is 10.3 Å². The smallest absolute Gasteiger partial charge is 0.420 e. The number of alkyl halides is 3. The number of hydrogen-bond donors (Lipinski definition) is 5. The van der Waals surface area contributed by atoms with Crippen molar-refractivity contribution in [2.75, 3.05) is 26.2 Å². The molecule has 0 saturated carbocycles. The van der Waals surface area contributed by atoms with E-state index in [1.165, 1.54) is 24.3 Å². The SMILES string of the molecule is NCCOc1ccc(Oc2ccc(CCNC[C@H](O)c3ccc(O)c4[nH]c(=O)ccc34)cc2)cc1C(F)(F)F. The molecule has 4 aromatic rings. The van der Waals surface area contributed by atoms with Gasteiger partial charge in [0.05, 0.1) is 11.6 Å². The zero-order valence-corrected chi connectivity index (χ0v) is 20.8. The largest absolute Gasteiger partial charge is 0.506 e. The van der Waals surface area contributed by atoms with Crippen LogP contribution in [0.3, 0.4) is 0 Å². The number of H-pyrrole nitrogens is 1. The number of nitrogens with two attached hydrogens (primary N) is 1. The van der Waals surface area contributed by atoms with E-state index in [0.29, 0.717) is 29.7 Å². The van der Waals surface area contributed by atoms with E-state index in [9.17, 15) is 28.2 Å². The van der Waals surface area contributed by atoms with E-state index >= 15 is 0 Å². The first-order valence-electron chi connectivity index (χ1n) is 12.2. The van der Waals surface area contributed by atoms with Crippen molar-refractivity contribution < 1.29 is 32.9 Å². The highest BCUT2D eigenvalue weighted by Crippen LogP contribution is 2.39. The Labute approximate surface area is 221 Å². The quantitative estimate of drug-likeness (QED) is 0.179. The number of nitrogens with one attached hydrogen (secondary N) is 2. The van der Waals surface area contributed by atoms with Gasteiger partial charge in [0.1, 0.15) is 35.2 Å². The summed E-state index contributed by atoms with van der Waals surface area (Å²) in [6, 6.07) is 16.4. The Morgan fingerprint density at radius 3 is 2.46 bits per heavy atom. The first-order valence-corrected chi connectivity index (χ1v) is 12.2. The third kappa shape index (κ3) is 7.08. The normalized spacial score (nSPS) is 12.4. The maximum atomic E-state index is 13.4. The molecule has 0 unspecified atom stereocenters. The van der Waals surface area contributed by atoms with E-state index < -0.39 is 17.8 Å². The Morgan fingerprint density at radius 2 is 1.74 bits per heavy atom. The summed E-state index contributed by atoms with van der Waals surface area (Å²) >= 11 is 0. The second kappa shape index (κ2) is 12.2. The average Bonchev–Trinajstić information content (AvgIpc) is 2.91. The maximum Gasteiger partial charge on any atom is 0.420 e. The number of phenols is 1. The van der Waals surface area contributed by atoms with Crippen LogP contribution in [-0.2, 0) is 12.6 Å². The summed E-state index contributed by atoms with van der Waals surface area (Å²) in [5.41, 5.74) is 5.83. The van der Waals surface area contributed by atoms with Crippen LogP contribution >= 0.6 is 0 Å². The lowest BCUT2D eigenvalue weighted by molar-refractivity contribution is -0.139. The van der Waals surface area contributed by atoms with Crippen LogP contribution in [0.15, 0.2) is 71.5 Å². The van der Waals surface area contributed by atoms with Crippen LogP contribution in [0.2, 0.25) is 0 Å². The Morgan fingerprint density at radius 1 is 1.00 bits per heavy atom. The van der Waals surface area contributed by atoms with Gasteiger partial charge in [0, 0.05) is 24.5 Å². The fourth-order valence-corrected chi connectivity index (χ4v) is 4.08. The molecular weight excluding hydrogens is 515 g/mol. The second-order valence-corrected chi connectivity index (χ2v) is 8.79. The number of phenolic OH excluding ortho intramolecular Hbond substituents is 1. The van der Waals surface area contributed by atoms with Crippen molar-refractivity contribution in [3.63, 3.8) is 0 Å². The number of aromatic amines is 1. The molecule has 6 N–H and O–H groups in total. The van der Waals surface area contributed by atoms with E-state index in [2.05, 4.69) is 10.3 Å². The van der Waals surface area contributed by atoms with E-state index in [-0.39, 0.29) is 48.0 Å². The van der Waals surface area contributed by atoms with Gasteiger partial charge in [0.25, 0.3) is 0 Å². The lowest BCUT2D eigenvalue weighted by atomic mass is 10.0. The number of ether oxygens (including phenoxy) is 2. The van der Waals surface area contributed by atoms with Crippen molar-refractivity contribution in [3.05, 3.63) is 93.8 Å². The Balaban J connectivity index is 1.32. The number of fused-ring (bicyclic) bond motifs is 1. The number of aliphatic hydroxyl groups is 1. The molecule has 0 aliphatic carbocycles. The van der Waals surface area contributed by atoms with Crippen LogP contribution < -0.4 is 26.1 Å². The van der Waals surface area contributed by atoms with Crippen molar-refractivity contribution >= 4 is 10.9 Å². The number of halogens is 3.